The van der Waals surface area contributed by atoms with E-state index in [2.05, 4.69) is 15.1 Å². The van der Waals surface area contributed by atoms with Gasteiger partial charge in [-0.25, -0.2) is 23.4 Å². The highest BCUT2D eigenvalue weighted by molar-refractivity contribution is 7.90. The van der Waals surface area contributed by atoms with Gasteiger partial charge < -0.3 is 4.90 Å². The fourth-order valence-corrected chi connectivity index (χ4v) is 4.24. The van der Waals surface area contributed by atoms with Crippen LogP contribution in [0.15, 0.2) is 52.7 Å². The first kappa shape index (κ1) is 19.5. The molecule has 152 valence electrons. The number of anilines is 1. The van der Waals surface area contributed by atoms with E-state index in [0.717, 1.165) is 18.2 Å². The summed E-state index contributed by atoms with van der Waals surface area (Å²) in [6.45, 7) is 1.28. The molecule has 3 heterocycles. The molecule has 0 spiro atoms. The van der Waals surface area contributed by atoms with Crippen molar-refractivity contribution >= 4 is 27.9 Å². The van der Waals surface area contributed by atoms with Crippen molar-refractivity contribution in [3.8, 4) is 0 Å². The lowest BCUT2D eigenvalue weighted by molar-refractivity contribution is -0.138. The summed E-state index contributed by atoms with van der Waals surface area (Å²) in [6, 6.07) is 9.94. The number of amides is 1. The van der Waals surface area contributed by atoms with Crippen molar-refractivity contribution in [3.05, 3.63) is 48.3 Å². The molecule has 1 amide bonds. The maximum atomic E-state index is 13.1. The largest absolute Gasteiger partial charge is 0.341 e. The molecule has 1 aromatic carbocycles. The fourth-order valence-electron chi connectivity index (χ4n) is 3.76. The molecule has 4 rings (SSSR count). The molecule has 29 heavy (non-hydrogen) atoms. The van der Waals surface area contributed by atoms with E-state index in [4.69, 9.17) is 0 Å². The van der Waals surface area contributed by atoms with Crippen molar-refractivity contribution in [1.82, 2.24) is 15.0 Å². The number of carbonyl (C=O) groups is 1. The van der Waals surface area contributed by atoms with Crippen molar-refractivity contribution in [2.75, 3.05) is 24.2 Å². The molecule has 8 nitrogen and oxygen atoms in total. The minimum Gasteiger partial charge on any atom is -0.341 e. The number of aromatic nitrogens is 2. The van der Waals surface area contributed by atoms with Crippen LogP contribution >= 0.6 is 0 Å². The fraction of sp³-hybridized carbons (Fsp3) is 0.400. The third-order valence-electron chi connectivity index (χ3n) is 5.41. The normalized spacial score (nSPS) is 20.2. The Kier molecular flexibility index (Phi) is 5.31. The van der Waals surface area contributed by atoms with Crippen LogP contribution in [0.3, 0.4) is 0 Å². The first-order valence-corrected chi connectivity index (χ1v) is 11.5. The number of hydrazone groups is 1. The average Bonchev–Trinajstić information content (AvgIpc) is 3.23. The van der Waals surface area contributed by atoms with Crippen LogP contribution in [0.4, 0.5) is 5.95 Å². The van der Waals surface area contributed by atoms with Gasteiger partial charge in [-0.15, -0.1) is 0 Å². The molecule has 0 bridgehead atoms. The predicted octanol–water partition coefficient (Wildman–Crippen LogP) is 2.06. The Bertz CT molecular complexity index is 1000. The second-order valence-corrected chi connectivity index (χ2v) is 9.41. The Labute approximate surface area is 170 Å². The highest BCUT2D eigenvalue weighted by atomic mass is 32.2. The van der Waals surface area contributed by atoms with Crippen molar-refractivity contribution < 1.29 is 13.2 Å². The first-order chi connectivity index (χ1) is 13.9. The summed E-state index contributed by atoms with van der Waals surface area (Å²) in [5, 5.41) is 5.97. The van der Waals surface area contributed by atoms with E-state index in [1.165, 1.54) is 12.4 Å². The van der Waals surface area contributed by atoms with Gasteiger partial charge in [-0.3, -0.25) is 4.79 Å². The summed E-state index contributed by atoms with van der Waals surface area (Å²) in [5.74, 6) is 0.452. The van der Waals surface area contributed by atoms with E-state index >= 15 is 0 Å². The van der Waals surface area contributed by atoms with Crippen LogP contribution in [-0.4, -0.2) is 54.9 Å². The molecule has 0 radical (unpaired) electrons. The molecule has 2 aliphatic rings. The average molecular weight is 414 g/mol. The van der Waals surface area contributed by atoms with Crippen molar-refractivity contribution in [2.45, 2.75) is 30.2 Å². The van der Waals surface area contributed by atoms with Gasteiger partial charge in [0.1, 0.15) is 4.90 Å². The molecule has 2 aliphatic heterocycles. The van der Waals surface area contributed by atoms with Gasteiger partial charge in [0.15, 0.2) is 9.84 Å². The molecular weight excluding hydrogens is 390 g/mol. The third-order valence-corrected chi connectivity index (χ3v) is 6.48. The quantitative estimate of drug-likeness (QED) is 0.761. The Balaban J connectivity index is 1.39. The predicted molar refractivity (Wildman–Crippen MR) is 109 cm³/mol. The number of nitrogens with zero attached hydrogens (tertiary/aromatic N) is 5. The van der Waals surface area contributed by atoms with Gasteiger partial charge >= 0.3 is 0 Å². The summed E-state index contributed by atoms with van der Waals surface area (Å²) in [6.07, 6.45) is 7.70. The zero-order valence-electron chi connectivity index (χ0n) is 16.2. The van der Waals surface area contributed by atoms with Gasteiger partial charge in [-0.1, -0.05) is 30.3 Å². The monoisotopic (exact) mass is 413 g/mol. The summed E-state index contributed by atoms with van der Waals surface area (Å²) in [4.78, 5) is 23.5. The standard InChI is InChI=1S/C20H23N5O3S/c1-29(27,28)17-13-21-20(22-14-17)24-11-8-16(9-12-24)19(26)25-18(7-10-23-25)15-5-3-2-4-6-15/h2-6,10,13-14,16,18H,7-9,11-12H2,1H3/t18-/m0/s1. The van der Waals surface area contributed by atoms with Crippen LogP contribution in [0.1, 0.15) is 30.9 Å². The minimum absolute atomic E-state index is 0.0337. The summed E-state index contributed by atoms with van der Waals surface area (Å²) in [7, 11) is -3.32. The molecule has 0 aliphatic carbocycles. The van der Waals surface area contributed by atoms with Gasteiger partial charge in [0.25, 0.3) is 0 Å². The third kappa shape index (κ3) is 4.14. The molecule has 1 atom stereocenters. The summed E-state index contributed by atoms with van der Waals surface area (Å²) < 4.78 is 23.1. The lowest BCUT2D eigenvalue weighted by atomic mass is 9.94. The van der Waals surface area contributed by atoms with E-state index in [0.29, 0.717) is 31.9 Å². The molecule has 1 fully saturated rings. The SMILES string of the molecule is CS(=O)(=O)c1cnc(N2CCC(C(=O)N3N=CC[C@H]3c3ccccc3)CC2)nc1. The summed E-state index contributed by atoms with van der Waals surface area (Å²) >= 11 is 0. The second-order valence-electron chi connectivity index (χ2n) is 7.40. The molecule has 2 aromatic rings. The number of benzene rings is 1. The number of rotatable bonds is 4. The lowest BCUT2D eigenvalue weighted by Crippen LogP contribution is -2.41. The van der Waals surface area contributed by atoms with E-state index in [1.54, 1.807) is 5.01 Å². The Morgan fingerprint density at radius 3 is 2.34 bits per heavy atom. The summed E-state index contributed by atoms with van der Waals surface area (Å²) in [5.41, 5.74) is 1.09. The number of carbonyl (C=O) groups excluding carboxylic acids is 1. The molecular formula is C20H23N5O3S. The molecule has 0 N–H and O–H groups in total. The number of piperidine rings is 1. The Morgan fingerprint density at radius 1 is 1.07 bits per heavy atom. The molecule has 1 aromatic heterocycles. The smallest absolute Gasteiger partial charge is 0.246 e. The van der Waals surface area contributed by atoms with Crippen LogP contribution in [0, 0.1) is 5.92 Å². The van der Waals surface area contributed by atoms with Crippen LogP contribution in [0.25, 0.3) is 0 Å². The van der Waals surface area contributed by atoms with Crippen LogP contribution in [0.2, 0.25) is 0 Å². The molecule has 1 saturated heterocycles. The van der Waals surface area contributed by atoms with Gasteiger partial charge in [0.2, 0.25) is 11.9 Å². The lowest BCUT2D eigenvalue weighted by Gasteiger charge is -2.33. The second kappa shape index (κ2) is 7.90. The van der Waals surface area contributed by atoms with Gasteiger partial charge in [-0.2, -0.15) is 5.10 Å². The Hall–Kier alpha value is -2.81. The van der Waals surface area contributed by atoms with Gasteiger partial charge in [0.05, 0.1) is 18.4 Å². The topological polar surface area (TPSA) is 95.8 Å². The first-order valence-electron chi connectivity index (χ1n) is 9.61. The number of hydrogen-bond acceptors (Lipinski definition) is 7. The van der Waals surface area contributed by atoms with Crippen molar-refractivity contribution in [1.29, 1.82) is 0 Å². The van der Waals surface area contributed by atoms with Gasteiger partial charge in [0, 0.05) is 37.9 Å². The maximum absolute atomic E-state index is 13.1. The highest BCUT2D eigenvalue weighted by Crippen LogP contribution is 2.32. The highest BCUT2D eigenvalue weighted by Gasteiger charge is 2.35. The van der Waals surface area contributed by atoms with Crippen LogP contribution in [0.5, 0.6) is 0 Å². The number of sulfone groups is 1. The van der Waals surface area contributed by atoms with E-state index in [1.807, 2.05) is 41.4 Å². The molecule has 0 saturated carbocycles. The van der Waals surface area contributed by atoms with E-state index < -0.39 is 9.84 Å². The van der Waals surface area contributed by atoms with Crippen molar-refractivity contribution in [3.63, 3.8) is 0 Å². The van der Waals surface area contributed by atoms with Crippen LogP contribution in [-0.2, 0) is 14.6 Å². The Morgan fingerprint density at radius 2 is 1.72 bits per heavy atom. The van der Waals surface area contributed by atoms with Gasteiger partial charge in [-0.05, 0) is 18.4 Å². The van der Waals surface area contributed by atoms with E-state index in [9.17, 15) is 13.2 Å². The molecule has 9 heteroatoms. The zero-order chi connectivity index (χ0) is 20.4. The van der Waals surface area contributed by atoms with E-state index in [-0.39, 0.29) is 22.8 Å². The molecule has 0 unspecified atom stereocenters. The zero-order valence-corrected chi connectivity index (χ0v) is 17.0. The number of hydrogen-bond donors (Lipinski definition) is 0. The van der Waals surface area contributed by atoms with Crippen molar-refractivity contribution in [2.24, 2.45) is 11.0 Å². The minimum atomic E-state index is -3.32. The van der Waals surface area contributed by atoms with Crippen LogP contribution < -0.4 is 4.90 Å². The maximum Gasteiger partial charge on any atom is 0.246 e.